The highest BCUT2D eigenvalue weighted by atomic mass is 15.2. The third-order valence-corrected chi connectivity index (χ3v) is 3.46. The molecule has 1 saturated heterocycles. The van der Waals surface area contributed by atoms with E-state index < -0.39 is 0 Å². The number of nitrogens with two attached hydrogens (primary N) is 1. The molecule has 0 aromatic heterocycles. The summed E-state index contributed by atoms with van der Waals surface area (Å²) >= 11 is 0. The van der Waals surface area contributed by atoms with Crippen LogP contribution in [0.4, 0.5) is 5.69 Å². The highest BCUT2D eigenvalue weighted by molar-refractivity contribution is 5.49. The Hall–Kier alpha value is -1.02. The van der Waals surface area contributed by atoms with Crippen molar-refractivity contribution in [3.63, 3.8) is 0 Å². The molecule has 0 spiro atoms. The second kappa shape index (κ2) is 5.35. The number of rotatable bonds is 3. The Morgan fingerprint density at radius 1 is 1.38 bits per heavy atom. The second-order valence-electron chi connectivity index (χ2n) is 4.76. The molecule has 0 aliphatic carbocycles. The van der Waals surface area contributed by atoms with Crippen molar-refractivity contribution in [2.75, 3.05) is 18.0 Å². The molecule has 0 amide bonds. The van der Waals surface area contributed by atoms with Gasteiger partial charge in [0.2, 0.25) is 0 Å². The van der Waals surface area contributed by atoms with Gasteiger partial charge in [0.1, 0.15) is 0 Å². The van der Waals surface area contributed by atoms with Crippen LogP contribution in [0.3, 0.4) is 0 Å². The van der Waals surface area contributed by atoms with Gasteiger partial charge < -0.3 is 10.6 Å². The standard InChI is InChI=1S/C14H22N2/c1-12-5-4-7-14(11-12)16-10-3-2-6-13(16)8-9-15/h4-5,7,11,13H,2-3,6,8-10,15H2,1H3. The fourth-order valence-electron chi connectivity index (χ4n) is 2.64. The van der Waals surface area contributed by atoms with Crippen LogP contribution in [0.2, 0.25) is 0 Å². The first-order chi connectivity index (χ1) is 7.81. The van der Waals surface area contributed by atoms with E-state index in [0.29, 0.717) is 6.04 Å². The molecule has 1 aliphatic rings. The molecule has 1 atom stereocenters. The largest absolute Gasteiger partial charge is 0.368 e. The number of nitrogens with zero attached hydrogens (tertiary/aromatic N) is 1. The van der Waals surface area contributed by atoms with Gasteiger partial charge >= 0.3 is 0 Å². The van der Waals surface area contributed by atoms with E-state index in [1.54, 1.807) is 0 Å². The van der Waals surface area contributed by atoms with Gasteiger partial charge in [0, 0.05) is 18.3 Å². The molecule has 1 unspecified atom stereocenters. The average Bonchev–Trinajstić information content (AvgIpc) is 2.30. The van der Waals surface area contributed by atoms with E-state index in [1.807, 2.05) is 0 Å². The molecule has 0 saturated carbocycles. The zero-order valence-corrected chi connectivity index (χ0v) is 10.2. The zero-order chi connectivity index (χ0) is 11.4. The van der Waals surface area contributed by atoms with E-state index in [0.717, 1.165) is 13.0 Å². The Labute approximate surface area is 98.4 Å². The van der Waals surface area contributed by atoms with Crippen LogP contribution in [0, 0.1) is 6.92 Å². The van der Waals surface area contributed by atoms with Crippen molar-refractivity contribution < 1.29 is 0 Å². The summed E-state index contributed by atoms with van der Waals surface area (Å²) in [4.78, 5) is 2.54. The summed E-state index contributed by atoms with van der Waals surface area (Å²) in [6.45, 7) is 4.15. The van der Waals surface area contributed by atoms with Crippen LogP contribution in [0.5, 0.6) is 0 Å². The maximum Gasteiger partial charge on any atom is 0.0371 e. The predicted molar refractivity (Wildman–Crippen MR) is 69.8 cm³/mol. The summed E-state index contributed by atoms with van der Waals surface area (Å²) < 4.78 is 0. The van der Waals surface area contributed by atoms with Gasteiger partial charge in [-0.05, 0) is 56.8 Å². The fourth-order valence-corrected chi connectivity index (χ4v) is 2.64. The van der Waals surface area contributed by atoms with E-state index in [2.05, 4.69) is 36.1 Å². The van der Waals surface area contributed by atoms with Crippen molar-refractivity contribution in [1.29, 1.82) is 0 Å². The molecule has 1 aromatic rings. The minimum Gasteiger partial charge on any atom is -0.368 e. The smallest absolute Gasteiger partial charge is 0.0371 e. The summed E-state index contributed by atoms with van der Waals surface area (Å²) in [7, 11) is 0. The maximum atomic E-state index is 5.70. The maximum absolute atomic E-state index is 5.70. The van der Waals surface area contributed by atoms with Crippen molar-refractivity contribution in [2.24, 2.45) is 5.73 Å². The number of anilines is 1. The Morgan fingerprint density at radius 3 is 3.00 bits per heavy atom. The van der Waals surface area contributed by atoms with Gasteiger partial charge in [0.25, 0.3) is 0 Å². The average molecular weight is 218 g/mol. The van der Waals surface area contributed by atoms with E-state index in [1.165, 1.54) is 37.1 Å². The van der Waals surface area contributed by atoms with Crippen molar-refractivity contribution in [3.05, 3.63) is 29.8 Å². The van der Waals surface area contributed by atoms with Crippen LogP contribution < -0.4 is 10.6 Å². The van der Waals surface area contributed by atoms with Gasteiger partial charge in [0.15, 0.2) is 0 Å². The van der Waals surface area contributed by atoms with Crippen LogP contribution in [-0.4, -0.2) is 19.1 Å². The van der Waals surface area contributed by atoms with Gasteiger partial charge in [-0.15, -0.1) is 0 Å². The van der Waals surface area contributed by atoms with Crippen molar-refractivity contribution >= 4 is 5.69 Å². The Kier molecular flexibility index (Phi) is 3.83. The van der Waals surface area contributed by atoms with E-state index in [4.69, 9.17) is 5.73 Å². The van der Waals surface area contributed by atoms with Gasteiger partial charge in [-0.25, -0.2) is 0 Å². The molecule has 16 heavy (non-hydrogen) atoms. The summed E-state index contributed by atoms with van der Waals surface area (Å²) in [6, 6.07) is 9.47. The molecule has 2 heteroatoms. The second-order valence-corrected chi connectivity index (χ2v) is 4.76. The predicted octanol–water partition coefficient (Wildman–Crippen LogP) is 2.70. The third kappa shape index (κ3) is 2.56. The van der Waals surface area contributed by atoms with Gasteiger partial charge in [-0.1, -0.05) is 12.1 Å². The summed E-state index contributed by atoms with van der Waals surface area (Å²) in [5.74, 6) is 0. The molecule has 1 aromatic carbocycles. The van der Waals surface area contributed by atoms with Crippen LogP contribution in [0.25, 0.3) is 0 Å². The van der Waals surface area contributed by atoms with E-state index in [9.17, 15) is 0 Å². The monoisotopic (exact) mass is 218 g/mol. The van der Waals surface area contributed by atoms with Crippen molar-refractivity contribution in [1.82, 2.24) is 0 Å². The van der Waals surface area contributed by atoms with Crippen LogP contribution in [0.1, 0.15) is 31.2 Å². The first-order valence-electron chi connectivity index (χ1n) is 6.34. The number of benzene rings is 1. The Morgan fingerprint density at radius 2 is 2.25 bits per heavy atom. The van der Waals surface area contributed by atoms with Crippen LogP contribution in [-0.2, 0) is 0 Å². The topological polar surface area (TPSA) is 29.3 Å². The first-order valence-corrected chi connectivity index (χ1v) is 6.34. The lowest BCUT2D eigenvalue weighted by molar-refractivity contribution is 0.442. The molecule has 0 bridgehead atoms. The Balaban J connectivity index is 2.16. The van der Waals surface area contributed by atoms with Crippen molar-refractivity contribution in [2.45, 2.75) is 38.6 Å². The molecule has 1 aliphatic heterocycles. The highest BCUT2D eigenvalue weighted by Gasteiger charge is 2.21. The molecule has 2 N–H and O–H groups in total. The lowest BCUT2D eigenvalue weighted by atomic mass is 9.98. The minimum atomic E-state index is 0.653. The minimum absolute atomic E-state index is 0.653. The van der Waals surface area contributed by atoms with Crippen LogP contribution in [0.15, 0.2) is 24.3 Å². The van der Waals surface area contributed by atoms with Crippen LogP contribution >= 0.6 is 0 Å². The normalized spacial score (nSPS) is 21.1. The number of piperidine rings is 1. The zero-order valence-electron chi connectivity index (χ0n) is 10.2. The quantitative estimate of drug-likeness (QED) is 0.845. The third-order valence-electron chi connectivity index (χ3n) is 3.46. The number of hydrogen-bond acceptors (Lipinski definition) is 2. The lowest BCUT2D eigenvalue weighted by Crippen LogP contribution is -2.40. The fraction of sp³-hybridized carbons (Fsp3) is 0.571. The summed E-state index contributed by atoms with van der Waals surface area (Å²) in [5.41, 5.74) is 8.42. The number of hydrogen-bond donors (Lipinski definition) is 1. The lowest BCUT2D eigenvalue weighted by Gasteiger charge is -2.37. The van der Waals surface area contributed by atoms with Gasteiger partial charge in [-0.2, -0.15) is 0 Å². The van der Waals surface area contributed by atoms with Gasteiger partial charge in [0.05, 0.1) is 0 Å². The highest BCUT2D eigenvalue weighted by Crippen LogP contribution is 2.26. The molecule has 2 rings (SSSR count). The molecule has 1 heterocycles. The molecule has 88 valence electrons. The van der Waals surface area contributed by atoms with E-state index in [-0.39, 0.29) is 0 Å². The summed E-state index contributed by atoms with van der Waals surface area (Å²) in [5, 5.41) is 0. The molecule has 1 fully saturated rings. The van der Waals surface area contributed by atoms with E-state index >= 15 is 0 Å². The molecule has 0 radical (unpaired) electrons. The van der Waals surface area contributed by atoms with Crippen molar-refractivity contribution in [3.8, 4) is 0 Å². The number of aryl methyl sites for hydroxylation is 1. The Bertz CT molecular complexity index is 333. The molecular formula is C14H22N2. The van der Waals surface area contributed by atoms with Gasteiger partial charge in [-0.3, -0.25) is 0 Å². The first kappa shape index (κ1) is 11.5. The molecular weight excluding hydrogens is 196 g/mol. The summed E-state index contributed by atoms with van der Waals surface area (Å²) in [6.07, 6.45) is 5.08. The SMILES string of the molecule is Cc1cccc(N2CCCCC2CCN)c1. The molecule has 2 nitrogen and oxygen atoms in total.